The highest BCUT2D eigenvalue weighted by Crippen LogP contribution is 2.60. The lowest BCUT2D eigenvalue weighted by molar-refractivity contribution is -0.132. The van der Waals surface area contributed by atoms with E-state index in [0.29, 0.717) is 23.8 Å². The first-order valence-electron chi connectivity index (χ1n) is 9.08. The summed E-state index contributed by atoms with van der Waals surface area (Å²) >= 11 is 0. The molecule has 0 bridgehead atoms. The Labute approximate surface area is 140 Å². The minimum Gasteiger partial charge on any atom is -0.379 e. The van der Waals surface area contributed by atoms with Crippen LogP contribution in [0.4, 0.5) is 0 Å². The average Bonchev–Trinajstić information content (AvgIpc) is 2.83. The molecule has 1 amide bonds. The molecule has 0 radical (unpaired) electrons. The zero-order valence-electron chi connectivity index (χ0n) is 15.3. The zero-order chi connectivity index (χ0) is 16.8. The molecule has 3 fully saturated rings. The van der Waals surface area contributed by atoms with Gasteiger partial charge in [-0.3, -0.25) is 9.69 Å². The first-order valence-corrected chi connectivity index (χ1v) is 9.08. The maximum absolute atomic E-state index is 13.0. The molecule has 0 aromatic carbocycles. The monoisotopic (exact) mass is 320 g/mol. The number of hydrogen-bond acceptors (Lipinski definition) is 3. The molecule has 3 aliphatic rings. The summed E-state index contributed by atoms with van der Waals surface area (Å²) < 4.78 is 5.47. The molecule has 3 rings (SSSR count). The van der Waals surface area contributed by atoms with Gasteiger partial charge in [0.1, 0.15) is 0 Å². The standard InChI is InChI=1S/C19H32N2O2/c1-13(2)10-15-17(19(15,4)5)18(22)21-11-14(3)16(12-21)20-6-8-23-9-7-20/h10,14-17H,6-9,11-12H2,1-5H3/t14-,15+,16-,17+/m0/s1. The van der Waals surface area contributed by atoms with Gasteiger partial charge in [-0.25, -0.2) is 0 Å². The van der Waals surface area contributed by atoms with Crippen molar-refractivity contribution in [3.63, 3.8) is 0 Å². The van der Waals surface area contributed by atoms with Crippen molar-refractivity contribution in [1.29, 1.82) is 0 Å². The van der Waals surface area contributed by atoms with Crippen molar-refractivity contribution in [1.82, 2.24) is 9.80 Å². The molecule has 4 nitrogen and oxygen atoms in total. The number of amides is 1. The second kappa shape index (κ2) is 6.21. The van der Waals surface area contributed by atoms with E-state index in [0.717, 1.165) is 39.4 Å². The molecule has 0 unspecified atom stereocenters. The largest absolute Gasteiger partial charge is 0.379 e. The highest BCUT2D eigenvalue weighted by molar-refractivity contribution is 5.84. The maximum atomic E-state index is 13.0. The van der Waals surface area contributed by atoms with Crippen LogP contribution in [0.25, 0.3) is 0 Å². The van der Waals surface area contributed by atoms with E-state index in [9.17, 15) is 4.79 Å². The minimum absolute atomic E-state index is 0.120. The van der Waals surface area contributed by atoms with Crippen LogP contribution in [0.3, 0.4) is 0 Å². The number of nitrogens with zero attached hydrogens (tertiary/aromatic N) is 2. The predicted octanol–water partition coefficient (Wildman–Crippen LogP) is 2.40. The highest BCUT2D eigenvalue weighted by Gasteiger charge is 2.61. The Morgan fingerprint density at radius 2 is 1.83 bits per heavy atom. The van der Waals surface area contributed by atoms with Gasteiger partial charge >= 0.3 is 0 Å². The summed E-state index contributed by atoms with van der Waals surface area (Å²) in [7, 11) is 0. The number of rotatable bonds is 3. The Hall–Kier alpha value is -0.870. The molecule has 0 aromatic heterocycles. The van der Waals surface area contributed by atoms with E-state index in [4.69, 9.17) is 4.74 Å². The Morgan fingerprint density at radius 3 is 2.43 bits per heavy atom. The third kappa shape index (κ3) is 3.20. The second-order valence-electron chi connectivity index (χ2n) is 8.51. The Bertz CT molecular complexity index is 490. The summed E-state index contributed by atoms with van der Waals surface area (Å²) in [5.74, 6) is 1.52. The van der Waals surface area contributed by atoms with Gasteiger partial charge in [0.2, 0.25) is 5.91 Å². The van der Waals surface area contributed by atoms with Gasteiger partial charge in [0.05, 0.1) is 19.1 Å². The van der Waals surface area contributed by atoms with Crippen molar-refractivity contribution in [3.8, 4) is 0 Å². The van der Waals surface area contributed by atoms with E-state index in [-0.39, 0.29) is 11.3 Å². The number of hydrogen-bond donors (Lipinski definition) is 0. The van der Waals surface area contributed by atoms with Gasteiger partial charge in [-0.05, 0) is 31.1 Å². The molecule has 4 heteroatoms. The van der Waals surface area contributed by atoms with E-state index in [1.807, 2.05) is 0 Å². The van der Waals surface area contributed by atoms with Crippen molar-refractivity contribution in [3.05, 3.63) is 11.6 Å². The molecule has 2 aliphatic heterocycles. The number of likely N-dealkylation sites (tertiary alicyclic amines) is 1. The number of carbonyl (C=O) groups is 1. The molecule has 0 spiro atoms. The van der Waals surface area contributed by atoms with Crippen LogP contribution in [-0.4, -0.2) is 61.1 Å². The lowest BCUT2D eigenvalue weighted by Gasteiger charge is -2.34. The van der Waals surface area contributed by atoms with Crippen molar-refractivity contribution >= 4 is 5.91 Å². The molecule has 0 aromatic rings. The van der Waals surface area contributed by atoms with Crippen molar-refractivity contribution in [2.45, 2.75) is 40.7 Å². The zero-order valence-corrected chi connectivity index (χ0v) is 15.3. The van der Waals surface area contributed by atoms with Gasteiger partial charge in [-0.1, -0.05) is 32.4 Å². The van der Waals surface area contributed by atoms with E-state index in [1.165, 1.54) is 5.57 Å². The maximum Gasteiger partial charge on any atom is 0.226 e. The number of carbonyl (C=O) groups excluding carboxylic acids is 1. The fourth-order valence-corrected chi connectivity index (χ4v) is 4.53. The van der Waals surface area contributed by atoms with Gasteiger partial charge in [0.15, 0.2) is 0 Å². The Balaban J connectivity index is 1.64. The van der Waals surface area contributed by atoms with Gasteiger partial charge in [-0.15, -0.1) is 0 Å². The molecule has 1 aliphatic carbocycles. The molecule has 0 N–H and O–H groups in total. The van der Waals surface area contributed by atoms with Crippen LogP contribution < -0.4 is 0 Å². The highest BCUT2D eigenvalue weighted by atomic mass is 16.5. The molecule has 2 saturated heterocycles. The molecule has 1 saturated carbocycles. The van der Waals surface area contributed by atoms with Crippen LogP contribution in [0.5, 0.6) is 0 Å². The summed E-state index contributed by atoms with van der Waals surface area (Å²) in [5.41, 5.74) is 1.44. The van der Waals surface area contributed by atoms with Gasteiger partial charge in [0.25, 0.3) is 0 Å². The normalized spacial score (nSPS) is 36.8. The molecule has 130 valence electrons. The van der Waals surface area contributed by atoms with Gasteiger partial charge in [-0.2, -0.15) is 0 Å². The third-order valence-electron chi connectivity index (χ3n) is 6.09. The summed E-state index contributed by atoms with van der Waals surface area (Å²) in [5, 5.41) is 0. The van der Waals surface area contributed by atoms with Crippen LogP contribution in [0, 0.1) is 23.2 Å². The third-order valence-corrected chi connectivity index (χ3v) is 6.09. The second-order valence-corrected chi connectivity index (χ2v) is 8.51. The predicted molar refractivity (Wildman–Crippen MR) is 92.1 cm³/mol. The quantitative estimate of drug-likeness (QED) is 0.749. The molecule has 23 heavy (non-hydrogen) atoms. The smallest absolute Gasteiger partial charge is 0.226 e. The average molecular weight is 320 g/mol. The van der Waals surface area contributed by atoms with Gasteiger partial charge < -0.3 is 9.64 Å². The van der Waals surface area contributed by atoms with E-state index >= 15 is 0 Å². The molecule has 4 atom stereocenters. The van der Waals surface area contributed by atoms with Crippen LogP contribution in [0.15, 0.2) is 11.6 Å². The lowest BCUT2D eigenvalue weighted by Crippen LogP contribution is -2.47. The van der Waals surface area contributed by atoms with E-state index in [2.05, 4.69) is 50.5 Å². The fourth-order valence-electron chi connectivity index (χ4n) is 4.53. The molecule has 2 heterocycles. The van der Waals surface area contributed by atoms with E-state index in [1.54, 1.807) is 0 Å². The van der Waals surface area contributed by atoms with Crippen LogP contribution >= 0.6 is 0 Å². The van der Waals surface area contributed by atoms with Gasteiger partial charge in [0, 0.05) is 32.2 Å². The number of allylic oxidation sites excluding steroid dienone is 2. The summed E-state index contributed by atoms with van der Waals surface area (Å²) in [6.45, 7) is 16.5. The van der Waals surface area contributed by atoms with Crippen LogP contribution in [-0.2, 0) is 9.53 Å². The van der Waals surface area contributed by atoms with Crippen molar-refractivity contribution in [2.24, 2.45) is 23.2 Å². The first kappa shape index (κ1) is 17.0. The van der Waals surface area contributed by atoms with E-state index < -0.39 is 0 Å². The summed E-state index contributed by atoms with van der Waals surface area (Å²) in [4.78, 5) is 17.7. The fraction of sp³-hybridized carbons (Fsp3) is 0.842. The number of ether oxygens (including phenoxy) is 1. The van der Waals surface area contributed by atoms with Crippen LogP contribution in [0.1, 0.15) is 34.6 Å². The molecular weight excluding hydrogens is 288 g/mol. The van der Waals surface area contributed by atoms with Crippen LogP contribution in [0.2, 0.25) is 0 Å². The lowest BCUT2D eigenvalue weighted by atomic mass is 10.0. The van der Waals surface area contributed by atoms with Crippen molar-refractivity contribution in [2.75, 3.05) is 39.4 Å². The summed E-state index contributed by atoms with van der Waals surface area (Å²) in [6, 6.07) is 0.506. The van der Waals surface area contributed by atoms with Crippen molar-refractivity contribution < 1.29 is 9.53 Å². The number of morpholine rings is 1. The minimum atomic E-state index is 0.120. The first-order chi connectivity index (χ1) is 10.8. The SMILES string of the molecule is CC(C)=C[C@@H]1[C@H](C(=O)N2C[C@H](C)[C@@H](N3CCOCC3)C2)C1(C)C. The molecular formula is C19H32N2O2. The topological polar surface area (TPSA) is 32.8 Å². The Kier molecular flexibility index (Phi) is 4.58. The Morgan fingerprint density at radius 1 is 1.17 bits per heavy atom. The summed E-state index contributed by atoms with van der Waals surface area (Å²) in [6.07, 6.45) is 2.29.